The highest BCUT2D eigenvalue weighted by molar-refractivity contribution is 8.93. The third kappa shape index (κ3) is 5.24. The van der Waals surface area contributed by atoms with Crippen molar-refractivity contribution in [2.24, 2.45) is 11.7 Å². The SMILES string of the molecule is Br.CCCC(C)C(C)(C)N. The van der Waals surface area contributed by atoms with Crippen LogP contribution in [0.5, 0.6) is 0 Å². The maximum Gasteiger partial charge on any atom is 0.0123 e. The fourth-order valence-corrected chi connectivity index (χ4v) is 0.805. The van der Waals surface area contributed by atoms with E-state index in [1.807, 2.05) is 0 Å². The third-order valence-electron chi connectivity index (χ3n) is 1.99. The van der Waals surface area contributed by atoms with E-state index < -0.39 is 0 Å². The van der Waals surface area contributed by atoms with Gasteiger partial charge in [0.2, 0.25) is 0 Å². The average Bonchev–Trinajstić information content (AvgIpc) is 1.64. The molecule has 0 saturated heterocycles. The van der Waals surface area contributed by atoms with Crippen molar-refractivity contribution in [3.8, 4) is 0 Å². The number of halogens is 1. The lowest BCUT2D eigenvalue weighted by Crippen LogP contribution is -2.39. The van der Waals surface area contributed by atoms with Crippen molar-refractivity contribution in [3.63, 3.8) is 0 Å². The maximum absolute atomic E-state index is 5.87. The molecule has 1 nitrogen and oxygen atoms in total. The zero-order valence-electron chi connectivity index (χ0n) is 7.48. The lowest BCUT2D eigenvalue weighted by atomic mass is 9.87. The van der Waals surface area contributed by atoms with Crippen LogP contribution in [0.25, 0.3) is 0 Å². The minimum absolute atomic E-state index is 0. The van der Waals surface area contributed by atoms with Gasteiger partial charge in [0.05, 0.1) is 0 Å². The summed E-state index contributed by atoms with van der Waals surface area (Å²) in [5, 5.41) is 0. The Morgan fingerprint density at radius 1 is 1.40 bits per heavy atom. The minimum atomic E-state index is 0. The topological polar surface area (TPSA) is 26.0 Å². The smallest absolute Gasteiger partial charge is 0.0123 e. The van der Waals surface area contributed by atoms with Crippen LogP contribution < -0.4 is 5.73 Å². The standard InChI is InChI=1S/C8H19N.BrH/c1-5-6-7(2)8(3,4)9;/h7H,5-6,9H2,1-4H3;1H. The Bertz CT molecular complexity index is 75.8. The van der Waals surface area contributed by atoms with E-state index in [1.165, 1.54) is 12.8 Å². The zero-order valence-corrected chi connectivity index (χ0v) is 9.19. The van der Waals surface area contributed by atoms with E-state index in [2.05, 4.69) is 27.7 Å². The summed E-state index contributed by atoms with van der Waals surface area (Å²) in [6, 6.07) is 0. The molecule has 0 aliphatic rings. The van der Waals surface area contributed by atoms with Gasteiger partial charge in [-0.1, -0.05) is 20.3 Å². The summed E-state index contributed by atoms with van der Waals surface area (Å²) in [6.07, 6.45) is 2.48. The summed E-state index contributed by atoms with van der Waals surface area (Å²) in [5.41, 5.74) is 5.87. The largest absolute Gasteiger partial charge is 0.325 e. The van der Waals surface area contributed by atoms with E-state index in [9.17, 15) is 0 Å². The van der Waals surface area contributed by atoms with Crippen LogP contribution in [0.1, 0.15) is 40.5 Å². The van der Waals surface area contributed by atoms with Crippen molar-refractivity contribution in [1.82, 2.24) is 0 Å². The Morgan fingerprint density at radius 3 is 1.90 bits per heavy atom. The first-order chi connectivity index (χ1) is 3.98. The molecule has 0 aromatic heterocycles. The van der Waals surface area contributed by atoms with Crippen LogP contribution in [-0.2, 0) is 0 Å². The molecule has 0 bridgehead atoms. The van der Waals surface area contributed by atoms with Gasteiger partial charge < -0.3 is 5.73 Å². The fraction of sp³-hybridized carbons (Fsp3) is 1.00. The van der Waals surface area contributed by atoms with E-state index in [0.717, 1.165) is 0 Å². The van der Waals surface area contributed by atoms with Gasteiger partial charge in [0.15, 0.2) is 0 Å². The first-order valence-electron chi connectivity index (χ1n) is 3.77. The van der Waals surface area contributed by atoms with Crippen molar-refractivity contribution >= 4 is 17.0 Å². The summed E-state index contributed by atoms with van der Waals surface area (Å²) in [6.45, 7) is 8.59. The molecule has 0 heterocycles. The molecule has 1 atom stereocenters. The molecule has 0 aromatic rings. The van der Waals surface area contributed by atoms with Gasteiger partial charge in [0, 0.05) is 5.54 Å². The van der Waals surface area contributed by atoms with E-state index >= 15 is 0 Å². The molecule has 0 fully saturated rings. The van der Waals surface area contributed by atoms with Crippen LogP contribution in [-0.4, -0.2) is 5.54 Å². The second-order valence-corrected chi connectivity index (χ2v) is 3.51. The first kappa shape index (κ1) is 13.1. The Kier molecular flexibility index (Phi) is 6.71. The summed E-state index contributed by atoms with van der Waals surface area (Å²) >= 11 is 0. The molecule has 0 aliphatic carbocycles. The molecule has 2 heteroatoms. The highest BCUT2D eigenvalue weighted by Gasteiger charge is 2.18. The predicted molar refractivity (Wildman–Crippen MR) is 52.7 cm³/mol. The van der Waals surface area contributed by atoms with Gasteiger partial charge in [-0.3, -0.25) is 0 Å². The van der Waals surface area contributed by atoms with Gasteiger partial charge in [-0.05, 0) is 26.2 Å². The van der Waals surface area contributed by atoms with E-state index in [0.29, 0.717) is 5.92 Å². The Labute approximate surface area is 75.1 Å². The van der Waals surface area contributed by atoms with Gasteiger partial charge in [0.25, 0.3) is 0 Å². The van der Waals surface area contributed by atoms with Crippen molar-refractivity contribution < 1.29 is 0 Å². The Morgan fingerprint density at radius 2 is 1.80 bits per heavy atom. The van der Waals surface area contributed by atoms with Crippen molar-refractivity contribution in [3.05, 3.63) is 0 Å². The van der Waals surface area contributed by atoms with Gasteiger partial charge >= 0.3 is 0 Å². The van der Waals surface area contributed by atoms with Crippen molar-refractivity contribution in [2.75, 3.05) is 0 Å². The van der Waals surface area contributed by atoms with Crippen LogP contribution in [0.4, 0.5) is 0 Å². The molecule has 0 radical (unpaired) electrons. The molecular weight excluding hydrogens is 190 g/mol. The van der Waals surface area contributed by atoms with Crippen LogP contribution in [0.2, 0.25) is 0 Å². The molecule has 0 rings (SSSR count). The second-order valence-electron chi connectivity index (χ2n) is 3.51. The minimum Gasteiger partial charge on any atom is -0.325 e. The van der Waals surface area contributed by atoms with Crippen LogP contribution in [0.3, 0.4) is 0 Å². The third-order valence-corrected chi connectivity index (χ3v) is 1.99. The van der Waals surface area contributed by atoms with Crippen LogP contribution in [0.15, 0.2) is 0 Å². The van der Waals surface area contributed by atoms with Gasteiger partial charge in [-0.2, -0.15) is 0 Å². The van der Waals surface area contributed by atoms with E-state index in [1.54, 1.807) is 0 Å². The zero-order chi connectivity index (χ0) is 7.49. The quantitative estimate of drug-likeness (QED) is 0.761. The maximum atomic E-state index is 5.87. The van der Waals surface area contributed by atoms with Gasteiger partial charge in [-0.25, -0.2) is 0 Å². The van der Waals surface area contributed by atoms with E-state index in [4.69, 9.17) is 5.73 Å². The highest BCUT2D eigenvalue weighted by Crippen LogP contribution is 2.17. The first-order valence-corrected chi connectivity index (χ1v) is 3.77. The molecule has 0 amide bonds. The molecular formula is C8H20BrN. The van der Waals surface area contributed by atoms with Crippen molar-refractivity contribution in [2.45, 2.75) is 46.1 Å². The fourth-order valence-electron chi connectivity index (χ4n) is 0.805. The van der Waals surface area contributed by atoms with Crippen LogP contribution in [0, 0.1) is 5.92 Å². The van der Waals surface area contributed by atoms with E-state index in [-0.39, 0.29) is 22.5 Å². The summed E-state index contributed by atoms with van der Waals surface area (Å²) in [7, 11) is 0. The lowest BCUT2D eigenvalue weighted by molar-refractivity contribution is 0.324. The Hall–Kier alpha value is 0.440. The summed E-state index contributed by atoms with van der Waals surface area (Å²) < 4.78 is 0. The molecule has 0 saturated carbocycles. The summed E-state index contributed by atoms with van der Waals surface area (Å²) in [5.74, 6) is 0.641. The molecule has 10 heavy (non-hydrogen) atoms. The monoisotopic (exact) mass is 209 g/mol. The number of hydrogen-bond acceptors (Lipinski definition) is 1. The predicted octanol–water partition coefficient (Wildman–Crippen LogP) is 2.74. The second kappa shape index (κ2) is 5.14. The number of hydrogen-bond donors (Lipinski definition) is 1. The Balaban J connectivity index is 0. The van der Waals surface area contributed by atoms with Crippen LogP contribution >= 0.6 is 17.0 Å². The average molecular weight is 210 g/mol. The molecule has 1 unspecified atom stereocenters. The molecule has 64 valence electrons. The summed E-state index contributed by atoms with van der Waals surface area (Å²) in [4.78, 5) is 0. The number of nitrogens with two attached hydrogens (primary N) is 1. The number of rotatable bonds is 3. The molecule has 0 aromatic carbocycles. The van der Waals surface area contributed by atoms with Crippen molar-refractivity contribution in [1.29, 1.82) is 0 Å². The normalized spacial score (nSPS) is 14.1. The highest BCUT2D eigenvalue weighted by atomic mass is 79.9. The molecule has 0 spiro atoms. The van der Waals surface area contributed by atoms with Gasteiger partial charge in [-0.15, -0.1) is 17.0 Å². The lowest BCUT2D eigenvalue weighted by Gasteiger charge is -2.26. The van der Waals surface area contributed by atoms with Gasteiger partial charge in [0.1, 0.15) is 0 Å². The molecule has 0 aliphatic heterocycles. The molecule has 2 N–H and O–H groups in total.